The van der Waals surface area contributed by atoms with Crippen LogP contribution < -0.4 is 0 Å². The van der Waals surface area contributed by atoms with Gasteiger partial charge < -0.3 is 5.11 Å². The summed E-state index contributed by atoms with van der Waals surface area (Å²) in [4.78, 5) is 12.7. The molecule has 110 valence electrons. The van der Waals surface area contributed by atoms with E-state index in [9.17, 15) is 9.90 Å². The largest absolute Gasteiger partial charge is 0.508 e. The third-order valence-electron chi connectivity index (χ3n) is 3.65. The van der Waals surface area contributed by atoms with E-state index < -0.39 is 0 Å². The first-order valence-electron chi connectivity index (χ1n) is 7.27. The van der Waals surface area contributed by atoms with Crippen LogP contribution in [0.1, 0.15) is 31.2 Å². The predicted octanol–water partition coefficient (Wildman–Crippen LogP) is 4.61. The molecule has 0 aromatic heterocycles. The maximum atomic E-state index is 12.7. The monoisotopic (exact) mass is 318 g/mol. The van der Waals surface area contributed by atoms with Crippen molar-refractivity contribution in [2.45, 2.75) is 25.7 Å². The molecule has 0 radical (unpaired) electrons. The average molecular weight is 318 g/mol. The summed E-state index contributed by atoms with van der Waals surface area (Å²) in [6, 6.07) is 7.08. The van der Waals surface area contributed by atoms with Gasteiger partial charge in [-0.05, 0) is 61.0 Å². The molecule has 1 heterocycles. The molecule has 0 spiro atoms. The Morgan fingerprint density at radius 2 is 1.90 bits per heavy atom. The number of aromatic hydroxyl groups is 1. The van der Waals surface area contributed by atoms with Gasteiger partial charge in [0.2, 0.25) is 0 Å². The first-order valence-corrected chi connectivity index (χ1v) is 9.24. The lowest BCUT2D eigenvalue weighted by molar-refractivity contribution is -0.112. The van der Waals surface area contributed by atoms with E-state index >= 15 is 0 Å². The lowest BCUT2D eigenvalue weighted by atomic mass is 9.88. The molecular formula is C17H18O2S2. The van der Waals surface area contributed by atoms with Crippen LogP contribution in [-0.2, 0) is 4.79 Å². The first-order chi connectivity index (χ1) is 10.2. The number of benzene rings is 1. The van der Waals surface area contributed by atoms with Gasteiger partial charge in [-0.25, -0.2) is 0 Å². The van der Waals surface area contributed by atoms with Crippen LogP contribution in [0.4, 0.5) is 0 Å². The summed E-state index contributed by atoms with van der Waals surface area (Å²) in [5.41, 5.74) is 2.79. The summed E-state index contributed by atoms with van der Waals surface area (Å²) in [5.74, 6) is 2.71. The molecule has 1 aromatic rings. The van der Waals surface area contributed by atoms with Crippen molar-refractivity contribution < 1.29 is 9.90 Å². The van der Waals surface area contributed by atoms with Crippen LogP contribution in [0.2, 0.25) is 0 Å². The number of hydrogen-bond acceptors (Lipinski definition) is 4. The minimum absolute atomic E-state index is 0.210. The van der Waals surface area contributed by atoms with E-state index in [1.807, 2.05) is 35.7 Å². The Kier molecular flexibility index (Phi) is 4.76. The highest BCUT2D eigenvalue weighted by molar-refractivity contribution is 8.22. The van der Waals surface area contributed by atoms with Crippen molar-refractivity contribution in [1.29, 1.82) is 0 Å². The second kappa shape index (κ2) is 6.75. The first kappa shape index (κ1) is 14.8. The standard InChI is InChI=1S/C17H18O2S2/c18-14-6-1-4-12(11-14)10-13-5-2-7-15(16(13)19)17-20-8-3-9-21-17/h1,4,6,10-11,18H,2-3,5,7-9H2. The Hall–Kier alpha value is -1.13. The topological polar surface area (TPSA) is 37.3 Å². The van der Waals surface area contributed by atoms with Crippen LogP contribution in [-0.4, -0.2) is 22.4 Å². The predicted molar refractivity (Wildman–Crippen MR) is 91.5 cm³/mol. The van der Waals surface area contributed by atoms with Gasteiger partial charge in [-0.15, -0.1) is 23.5 Å². The second-order valence-electron chi connectivity index (χ2n) is 5.26. The number of phenols is 1. The third kappa shape index (κ3) is 3.55. The molecule has 2 nitrogen and oxygen atoms in total. The lowest BCUT2D eigenvalue weighted by Gasteiger charge is -2.22. The minimum atomic E-state index is 0.210. The molecule has 4 heteroatoms. The summed E-state index contributed by atoms with van der Waals surface area (Å²) in [6.07, 6.45) is 5.94. The van der Waals surface area contributed by atoms with E-state index in [1.165, 1.54) is 10.7 Å². The quantitative estimate of drug-likeness (QED) is 0.767. The molecule has 1 saturated carbocycles. The van der Waals surface area contributed by atoms with Gasteiger partial charge in [0.1, 0.15) is 5.75 Å². The van der Waals surface area contributed by atoms with Gasteiger partial charge in [0.15, 0.2) is 5.78 Å². The number of Topliss-reactive ketones (excluding diaryl/α,β-unsaturated/α-hetero) is 1. The Morgan fingerprint density at radius 1 is 1.10 bits per heavy atom. The Balaban J connectivity index is 1.88. The highest BCUT2D eigenvalue weighted by atomic mass is 32.2. The number of carbonyl (C=O) groups excluding carboxylic acids is 1. The number of ketones is 1. The van der Waals surface area contributed by atoms with Gasteiger partial charge >= 0.3 is 0 Å². The number of phenolic OH excluding ortho intramolecular Hbond substituents is 1. The van der Waals surface area contributed by atoms with Gasteiger partial charge in [-0.1, -0.05) is 12.1 Å². The van der Waals surface area contributed by atoms with Gasteiger partial charge in [0.05, 0.1) is 0 Å². The maximum Gasteiger partial charge on any atom is 0.186 e. The van der Waals surface area contributed by atoms with Gasteiger partial charge in [0, 0.05) is 15.4 Å². The van der Waals surface area contributed by atoms with Crippen molar-refractivity contribution in [3.8, 4) is 5.75 Å². The Morgan fingerprint density at radius 3 is 2.67 bits per heavy atom. The van der Waals surface area contributed by atoms with Crippen molar-refractivity contribution in [3.63, 3.8) is 0 Å². The molecule has 2 fully saturated rings. The molecule has 1 N–H and O–H groups in total. The van der Waals surface area contributed by atoms with Crippen LogP contribution in [0.15, 0.2) is 39.6 Å². The smallest absolute Gasteiger partial charge is 0.186 e. The van der Waals surface area contributed by atoms with Crippen LogP contribution in [0.25, 0.3) is 6.08 Å². The Bertz CT molecular complexity index is 609. The maximum absolute atomic E-state index is 12.7. The van der Waals surface area contributed by atoms with Crippen molar-refractivity contribution in [2.75, 3.05) is 11.5 Å². The molecule has 0 atom stereocenters. The summed E-state index contributed by atoms with van der Waals surface area (Å²) < 4.78 is 1.24. The summed E-state index contributed by atoms with van der Waals surface area (Å²) in [6.45, 7) is 0. The molecule has 3 rings (SSSR count). The van der Waals surface area contributed by atoms with Crippen LogP contribution in [0.3, 0.4) is 0 Å². The fourth-order valence-electron chi connectivity index (χ4n) is 2.63. The minimum Gasteiger partial charge on any atom is -0.508 e. The zero-order valence-electron chi connectivity index (χ0n) is 11.8. The number of allylic oxidation sites excluding steroid dienone is 2. The van der Waals surface area contributed by atoms with Gasteiger partial charge in [-0.2, -0.15) is 0 Å². The van der Waals surface area contributed by atoms with E-state index in [0.29, 0.717) is 0 Å². The normalized spacial score (nSPS) is 21.9. The van der Waals surface area contributed by atoms with E-state index in [2.05, 4.69) is 0 Å². The second-order valence-corrected chi connectivity index (χ2v) is 7.73. The lowest BCUT2D eigenvalue weighted by Crippen LogP contribution is -2.14. The fraction of sp³-hybridized carbons (Fsp3) is 0.353. The summed E-state index contributed by atoms with van der Waals surface area (Å²) in [5, 5.41) is 9.53. The third-order valence-corrected chi connectivity index (χ3v) is 6.36. The molecule has 1 aliphatic carbocycles. The summed E-state index contributed by atoms with van der Waals surface area (Å²) in [7, 11) is 0. The van der Waals surface area contributed by atoms with Crippen molar-refractivity contribution in [1.82, 2.24) is 0 Å². The average Bonchev–Trinajstić information content (AvgIpc) is 2.50. The number of carbonyl (C=O) groups is 1. The number of hydrogen-bond donors (Lipinski definition) is 1. The highest BCUT2D eigenvalue weighted by Crippen LogP contribution is 2.41. The van der Waals surface area contributed by atoms with Crippen LogP contribution >= 0.6 is 23.5 Å². The van der Waals surface area contributed by atoms with Crippen molar-refractivity contribution in [2.24, 2.45) is 0 Å². The number of rotatable bonds is 1. The van der Waals surface area contributed by atoms with Crippen molar-refractivity contribution in [3.05, 3.63) is 45.2 Å². The van der Waals surface area contributed by atoms with E-state index in [4.69, 9.17) is 0 Å². The molecule has 0 amide bonds. The van der Waals surface area contributed by atoms with Crippen molar-refractivity contribution >= 4 is 35.4 Å². The van der Waals surface area contributed by atoms with Crippen LogP contribution in [0, 0.1) is 0 Å². The van der Waals surface area contributed by atoms with E-state index in [0.717, 1.165) is 47.5 Å². The van der Waals surface area contributed by atoms with Gasteiger partial charge in [-0.3, -0.25) is 4.79 Å². The summed E-state index contributed by atoms with van der Waals surface area (Å²) >= 11 is 3.68. The van der Waals surface area contributed by atoms with Gasteiger partial charge in [0.25, 0.3) is 0 Å². The van der Waals surface area contributed by atoms with Crippen LogP contribution in [0.5, 0.6) is 5.75 Å². The molecule has 0 unspecified atom stereocenters. The zero-order valence-corrected chi connectivity index (χ0v) is 13.4. The molecule has 1 saturated heterocycles. The molecular weight excluding hydrogens is 300 g/mol. The molecule has 0 bridgehead atoms. The molecule has 21 heavy (non-hydrogen) atoms. The molecule has 1 aromatic carbocycles. The zero-order chi connectivity index (χ0) is 14.7. The fourth-order valence-corrected chi connectivity index (χ4v) is 5.33. The number of thioether (sulfide) groups is 2. The Labute approximate surface area is 133 Å². The molecule has 1 aliphatic heterocycles. The van der Waals surface area contributed by atoms with E-state index in [-0.39, 0.29) is 11.5 Å². The SMILES string of the molecule is O=C1C(=Cc2cccc(O)c2)CCCC1=C1SCCCS1. The molecule has 2 aliphatic rings. The van der Waals surface area contributed by atoms with E-state index in [1.54, 1.807) is 18.2 Å². The highest BCUT2D eigenvalue weighted by Gasteiger charge is 2.25.